The highest BCUT2D eigenvalue weighted by Crippen LogP contribution is 2.28. The molecule has 0 amide bonds. The summed E-state index contributed by atoms with van der Waals surface area (Å²) in [6, 6.07) is 8.49. The number of nitrogens with one attached hydrogen (secondary N) is 1. The lowest BCUT2D eigenvalue weighted by molar-refractivity contribution is 0.229. The first-order chi connectivity index (χ1) is 8.78. The highest BCUT2D eigenvalue weighted by molar-refractivity contribution is 5.27. The molecule has 1 unspecified atom stereocenters. The SMILES string of the molecule is CCC1(CCc2ccc(OC)cc2)CCCCN1. The summed E-state index contributed by atoms with van der Waals surface area (Å²) in [5, 5.41) is 3.75. The van der Waals surface area contributed by atoms with Crippen molar-refractivity contribution in [3.8, 4) is 5.75 Å². The Hall–Kier alpha value is -1.02. The molecule has 1 aliphatic heterocycles. The molecule has 1 atom stereocenters. The summed E-state index contributed by atoms with van der Waals surface area (Å²) in [6.07, 6.45) is 7.69. The second kappa shape index (κ2) is 6.24. The summed E-state index contributed by atoms with van der Waals surface area (Å²) >= 11 is 0. The van der Waals surface area contributed by atoms with Crippen LogP contribution in [0.3, 0.4) is 0 Å². The fourth-order valence-corrected chi connectivity index (χ4v) is 2.90. The van der Waals surface area contributed by atoms with Gasteiger partial charge >= 0.3 is 0 Å². The number of methoxy groups -OCH3 is 1. The Kier molecular flexibility index (Phi) is 4.65. The lowest BCUT2D eigenvalue weighted by Gasteiger charge is -2.38. The molecule has 100 valence electrons. The summed E-state index contributed by atoms with van der Waals surface area (Å²) in [4.78, 5) is 0. The van der Waals surface area contributed by atoms with E-state index in [1.54, 1.807) is 7.11 Å². The second-order valence-corrected chi connectivity index (χ2v) is 5.37. The van der Waals surface area contributed by atoms with Gasteiger partial charge in [0.05, 0.1) is 7.11 Å². The highest BCUT2D eigenvalue weighted by Gasteiger charge is 2.28. The molecule has 0 aromatic heterocycles. The van der Waals surface area contributed by atoms with Gasteiger partial charge in [-0.05, 0) is 56.3 Å². The molecule has 1 heterocycles. The lowest BCUT2D eigenvalue weighted by Crippen LogP contribution is -2.48. The smallest absolute Gasteiger partial charge is 0.118 e. The molecule has 0 bridgehead atoms. The molecule has 1 aromatic carbocycles. The average molecular weight is 247 g/mol. The van der Waals surface area contributed by atoms with E-state index < -0.39 is 0 Å². The molecule has 1 N–H and O–H groups in total. The van der Waals surface area contributed by atoms with Crippen molar-refractivity contribution in [2.24, 2.45) is 0 Å². The third-order valence-corrected chi connectivity index (χ3v) is 4.31. The van der Waals surface area contributed by atoms with Crippen LogP contribution in [0.1, 0.15) is 44.6 Å². The number of rotatable bonds is 5. The van der Waals surface area contributed by atoms with Crippen molar-refractivity contribution in [1.82, 2.24) is 5.32 Å². The van der Waals surface area contributed by atoms with Crippen LogP contribution in [0.5, 0.6) is 5.75 Å². The first-order valence-corrected chi connectivity index (χ1v) is 7.16. The minimum atomic E-state index is 0.387. The van der Waals surface area contributed by atoms with Gasteiger partial charge < -0.3 is 10.1 Å². The number of piperidine rings is 1. The van der Waals surface area contributed by atoms with E-state index in [1.165, 1.54) is 44.2 Å². The maximum Gasteiger partial charge on any atom is 0.118 e. The van der Waals surface area contributed by atoms with Gasteiger partial charge in [-0.1, -0.05) is 25.5 Å². The Labute approximate surface area is 111 Å². The Bertz CT molecular complexity index is 352. The summed E-state index contributed by atoms with van der Waals surface area (Å²) in [5.74, 6) is 0.944. The van der Waals surface area contributed by atoms with Crippen LogP contribution in [-0.2, 0) is 6.42 Å². The molecular weight excluding hydrogens is 222 g/mol. The maximum absolute atomic E-state index is 5.19. The standard InChI is InChI=1S/C16H25NO/c1-3-16(11-4-5-13-17-16)12-10-14-6-8-15(18-2)9-7-14/h6-9,17H,3-5,10-13H2,1-2H3. The van der Waals surface area contributed by atoms with Crippen LogP contribution >= 0.6 is 0 Å². The molecule has 2 nitrogen and oxygen atoms in total. The van der Waals surface area contributed by atoms with Crippen LogP contribution in [0.4, 0.5) is 0 Å². The van der Waals surface area contributed by atoms with Crippen LogP contribution in [0.2, 0.25) is 0 Å². The zero-order chi connectivity index (χ0) is 12.8. The Morgan fingerprint density at radius 2 is 2.00 bits per heavy atom. The predicted molar refractivity (Wildman–Crippen MR) is 76.2 cm³/mol. The number of benzene rings is 1. The van der Waals surface area contributed by atoms with Crippen molar-refractivity contribution >= 4 is 0 Å². The van der Waals surface area contributed by atoms with Crippen LogP contribution in [0, 0.1) is 0 Å². The molecule has 18 heavy (non-hydrogen) atoms. The normalized spacial score (nSPS) is 23.9. The molecule has 1 saturated heterocycles. The minimum Gasteiger partial charge on any atom is -0.497 e. The molecule has 1 fully saturated rings. The zero-order valence-electron chi connectivity index (χ0n) is 11.7. The summed E-state index contributed by atoms with van der Waals surface area (Å²) < 4.78 is 5.19. The molecule has 1 aromatic rings. The van der Waals surface area contributed by atoms with E-state index >= 15 is 0 Å². The largest absolute Gasteiger partial charge is 0.497 e. The van der Waals surface area contributed by atoms with Crippen molar-refractivity contribution in [3.63, 3.8) is 0 Å². The van der Waals surface area contributed by atoms with Crippen LogP contribution in [-0.4, -0.2) is 19.2 Å². The third kappa shape index (κ3) is 3.26. The Balaban J connectivity index is 1.92. The summed E-state index contributed by atoms with van der Waals surface area (Å²) in [6.45, 7) is 3.50. The van der Waals surface area contributed by atoms with E-state index in [4.69, 9.17) is 4.74 Å². The van der Waals surface area contributed by atoms with Crippen molar-refractivity contribution in [2.45, 2.75) is 51.0 Å². The monoisotopic (exact) mass is 247 g/mol. The minimum absolute atomic E-state index is 0.387. The Morgan fingerprint density at radius 3 is 2.56 bits per heavy atom. The number of hydrogen-bond donors (Lipinski definition) is 1. The highest BCUT2D eigenvalue weighted by atomic mass is 16.5. The number of ether oxygens (including phenoxy) is 1. The molecule has 0 spiro atoms. The van der Waals surface area contributed by atoms with Crippen LogP contribution in [0.15, 0.2) is 24.3 Å². The van der Waals surface area contributed by atoms with E-state index in [9.17, 15) is 0 Å². The predicted octanol–water partition coefficient (Wildman–Crippen LogP) is 3.55. The van der Waals surface area contributed by atoms with Crippen molar-refractivity contribution < 1.29 is 4.74 Å². The molecule has 0 aliphatic carbocycles. The Morgan fingerprint density at radius 1 is 1.22 bits per heavy atom. The molecule has 0 saturated carbocycles. The molecule has 2 rings (SSSR count). The van der Waals surface area contributed by atoms with Gasteiger partial charge in [-0.15, -0.1) is 0 Å². The van der Waals surface area contributed by atoms with Crippen LogP contribution in [0.25, 0.3) is 0 Å². The van der Waals surface area contributed by atoms with E-state index in [0.717, 1.165) is 12.2 Å². The molecule has 1 aliphatic rings. The zero-order valence-corrected chi connectivity index (χ0v) is 11.7. The second-order valence-electron chi connectivity index (χ2n) is 5.37. The van der Waals surface area contributed by atoms with E-state index in [2.05, 4.69) is 36.5 Å². The topological polar surface area (TPSA) is 21.3 Å². The van der Waals surface area contributed by atoms with Gasteiger partial charge in [0.15, 0.2) is 0 Å². The van der Waals surface area contributed by atoms with Gasteiger partial charge in [-0.25, -0.2) is 0 Å². The average Bonchev–Trinajstić information content (AvgIpc) is 2.47. The lowest BCUT2D eigenvalue weighted by atomic mass is 9.81. The fourth-order valence-electron chi connectivity index (χ4n) is 2.90. The number of aryl methyl sites for hydroxylation is 1. The van der Waals surface area contributed by atoms with Gasteiger partial charge in [0.1, 0.15) is 5.75 Å². The van der Waals surface area contributed by atoms with Crippen molar-refractivity contribution in [2.75, 3.05) is 13.7 Å². The van der Waals surface area contributed by atoms with Crippen LogP contribution < -0.4 is 10.1 Å². The first kappa shape index (κ1) is 13.4. The molecule has 2 heteroatoms. The van der Waals surface area contributed by atoms with E-state index in [1.807, 2.05) is 0 Å². The van der Waals surface area contributed by atoms with Gasteiger partial charge in [0.25, 0.3) is 0 Å². The fraction of sp³-hybridized carbons (Fsp3) is 0.625. The summed E-state index contributed by atoms with van der Waals surface area (Å²) in [7, 11) is 1.72. The van der Waals surface area contributed by atoms with Gasteiger partial charge in [-0.2, -0.15) is 0 Å². The van der Waals surface area contributed by atoms with E-state index in [0.29, 0.717) is 5.54 Å². The number of hydrogen-bond acceptors (Lipinski definition) is 2. The molecular formula is C16H25NO. The van der Waals surface area contributed by atoms with Gasteiger partial charge in [-0.3, -0.25) is 0 Å². The quantitative estimate of drug-likeness (QED) is 0.859. The van der Waals surface area contributed by atoms with Crippen molar-refractivity contribution in [1.29, 1.82) is 0 Å². The first-order valence-electron chi connectivity index (χ1n) is 7.16. The van der Waals surface area contributed by atoms with Gasteiger partial charge in [0, 0.05) is 5.54 Å². The summed E-state index contributed by atoms with van der Waals surface area (Å²) in [5.41, 5.74) is 1.80. The van der Waals surface area contributed by atoms with E-state index in [-0.39, 0.29) is 0 Å². The van der Waals surface area contributed by atoms with Crippen molar-refractivity contribution in [3.05, 3.63) is 29.8 Å². The maximum atomic E-state index is 5.19. The van der Waals surface area contributed by atoms with Gasteiger partial charge in [0.2, 0.25) is 0 Å². The third-order valence-electron chi connectivity index (χ3n) is 4.31. The molecule has 0 radical (unpaired) electrons.